The molecule has 4 nitrogen and oxygen atoms in total. The van der Waals surface area contributed by atoms with E-state index < -0.39 is 34.7 Å². The summed E-state index contributed by atoms with van der Waals surface area (Å²) in [6.45, 7) is -0.769. The van der Waals surface area contributed by atoms with E-state index >= 15 is 0 Å². The lowest BCUT2D eigenvalue weighted by atomic mass is 10.0. The number of esters is 1. The molecule has 1 aromatic rings. The van der Waals surface area contributed by atoms with Crippen LogP contribution in [-0.2, 0) is 11.3 Å². The second-order valence-corrected chi connectivity index (χ2v) is 4.42. The van der Waals surface area contributed by atoms with E-state index in [1.807, 2.05) is 0 Å². The van der Waals surface area contributed by atoms with Crippen molar-refractivity contribution in [1.82, 2.24) is 0 Å². The summed E-state index contributed by atoms with van der Waals surface area (Å²) >= 11 is -0.495. The summed E-state index contributed by atoms with van der Waals surface area (Å²) in [6.07, 6.45) is 0. The van der Waals surface area contributed by atoms with Gasteiger partial charge in [-0.1, -0.05) is 0 Å². The molecule has 0 heterocycles. The zero-order chi connectivity index (χ0) is 14.6. The molecule has 0 unspecified atom stereocenters. The molecule has 1 rings (SSSR count). The predicted octanol–water partition coefficient (Wildman–Crippen LogP) is 2.45. The van der Waals surface area contributed by atoms with Crippen molar-refractivity contribution < 1.29 is 27.8 Å². The van der Waals surface area contributed by atoms with Crippen LogP contribution in [0.1, 0.15) is 21.5 Å². The van der Waals surface area contributed by atoms with Gasteiger partial charge < -0.3 is 9.84 Å². The number of hydrogen-bond acceptors (Lipinski definition) is 5. The standard InChI is InChI=1S/C11H8F3NO3S/c1-18-10(17)7-2-6(4-15)3-9(8(7)5-16)19-11(12,13)14/h2-3,16H,5H2,1H3. The summed E-state index contributed by atoms with van der Waals surface area (Å²) in [6, 6.07) is 3.70. The van der Waals surface area contributed by atoms with Crippen molar-refractivity contribution in [1.29, 1.82) is 5.26 Å². The highest BCUT2D eigenvalue weighted by Gasteiger charge is 2.32. The van der Waals surface area contributed by atoms with Crippen molar-refractivity contribution in [3.63, 3.8) is 0 Å². The number of nitriles is 1. The molecule has 0 spiro atoms. The van der Waals surface area contributed by atoms with E-state index in [0.29, 0.717) is 0 Å². The fraction of sp³-hybridized carbons (Fsp3) is 0.273. The van der Waals surface area contributed by atoms with Crippen molar-refractivity contribution in [2.45, 2.75) is 17.0 Å². The van der Waals surface area contributed by atoms with Gasteiger partial charge in [0.25, 0.3) is 0 Å². The quantitative estimate of drug-likeness (QED) is 0.684. The Kier molecular flexibility index (Phi) is 4.80. The first-order valence-corrected chi connectivity index (χ1v) is 5.66. The molecular weight excluding hydrogens is 283 g/mol. The highest BCUT2D eigenvalue weighted by atomic mass is 32.2. The van der Waals surface area contributed by atoms with Crippen molar-refractivity contribution in [2.75, 3.05) is 7.11 Å². The Morgan fingerprint density at radius 1 is 1.53 bits per heavy atom. The van der Waals surface area contributed by atoms with E-state index in [9.17, 15) is 18.0 Å². The molecular formula is C11H8F3NO3S. The van der Waals surface area contributed by atoms with Gasteiger partial charge in [-0.05, 0) is 23.9 Å². The molecule has 0 saturated carbocycles. The fourth-order valence-electron chi connectivity index (χ4n) is 1.38. The fourth-order valence-corrected chi connectivity index (χ4v) is 2.11. The van der Waals surface area contributed by atoms with E-state index in [1.54, 1.807) is 6.07 Å². The monoisotopic (exact) mass is 291 g/mol. The molecule has 1 aromatic carbocycles. The van der Waals surface area contributed by atoms with E-state index in [4.69, 9.17) is 10.4 Å². The summed E-state index contributed by atoms with van der Waals surface area (Å²) in [5.74, 6) is -0.912. The third-order valence-electron chi connectivity index (χ3n) is 2.13. The van der Waals surface area contributed by atoms with Crippen molar-refractivity contribution in [3.05, 3.63) is 28.8 Å². The molecule has 0 amide bonds. The van der Waals surface area contributed by atoms with Crippen LogP contribution in [0, 0.1) is 11.3 Å². The van der Waals surface area contributed by atoms with Gasteiger partial charge >= 0.3 is 11.5 Å². The van der Waals surface area contributed by atoms with Gasteiger partial charge in [-0.2, -0.15) is 18.4 Å². The van der Waals surface area contributed by atoms with E-state index in [2.05, 4.69) is 4.74 Å². The zero-order valence-electron chi connectivity index (χ0n) is 9.61. The molecule has 0 aliphatic heterocycles. The number of benzene rings is 1. The number of ether oxygens (including phenoxy) is 1. The molecule has 0 atom stereocenters. The Labute approximate surface area is 110 Å². The van der Waals surface area contributed by atoms with E-state index in [-0.39, 0.29) is 16.7 Å². The molecule has 102 valence electrons. The van der Waals surface area contributed by atoms with Crippen LogP contribution in [0.4, 0.5) is 13.2 Å². The first-order chi connectivity index (χ1) is 8.82. The largest absolute Gasteiger partial charge is 0.465 e. The van der Waals surface area contributed by atoms with E-state index in [0.717, 1.165) is 19.2 Å². The average molecular weight is 291 g/mol. The average Bonchev–Trinajstić information content (AvgIpc) is 2.34. The number of halogens is 3. The Morgan fingerprint density at radius 3 is 2.58 bits per heavy atom. The van der Waals surface area contributed by atoms with Crippen LogP contribution >= 0.6 is 11.8 Å². The summed E-state index contributed by atoms with van der Waals surface area (Å²) in [7, 11) is 1.05. The molecule has 0 radical (unpaired) electrons. The number of rotatable bonds is 3. The number of hydrogen-bond donors (Lipinski definition) is 1. The SMILES string of the molecule is COC(=O)c1cc(C#N)cc(SC(F)(F)F)c1CO. The Morgan fingerprint density at radius 2 is 2.16 bits per heavy atom. The maximum atomic E-state index is 12.4. The molecule has 0 aliphatic carbocycles. The number of carbonyl (C=O) groups excluding carboxylic acids is 1. The predicted molar refractivity (Wildman–Crippen MR) is 60.3 cm³/mol. The number of methoxy groups -OCH3 is 1. The normalized spacial score (nSPS) is 10.9. The van der Waals surface area contributed by atoms with Crippen LogP contribution in [-0.4, -0.2) is 23.7 Å². The minimum absolute atomic E-state index is 0.121. The number of alkyl halides is 3. The highest BCUT2D eigenvalue weighted by molar-refractivity contribution is 8.00. The second kappa shape index (κ2) is 5.95. The molecule has 19 heavy (non-hydrogen) atoms. The van der Waals surface area contributed by atoms with E-state index in [1.165, 1.54) is 0 Å². The number of carbonyl (C=O) groups is 1. The maximum absolute atomic E-state index is 12.4. The van der Waals surface area contributed by atoms with Gasteiger partial charge in [0.15, 0.2) is 0 Å². The van der Waals surface area contributed by atoms with Crippen LogP contribution in [0.2, 0.25) is 0 Å². The summed E-state index contributed by atoms with van der Waals surface area (Å²) < 4.78 is 41.6. The molecule has 0 fully saturated rings. The Bertz CT molecular complexity index is 537. The lowest BCUT2D eigenvalue weighted by Crippen LogP contribution is -2.10. The molecule has 8 heteroatoms. The van der Waals surface area contributed by atoms with Crippen LogP contribution in [0.15, 0.2) is 17.0 Å². The highest BCUT2D eigenvalue weighted by Crippen LogP contribution is 2.40. The summed E-state index contributed by atoms with van der Waals surface area (Å²) in [5, 5.41) is 17.9. The van der Waals surface area contributed by atoms with Gasteiger partial charge in [0, 0.05) is 10.5 Å². The van der Waals surface area contributed by atoms with Crippen LogP contribution < -0.4 is 0 Å². The lowest BCUT2D eigenvalue weighted by Gasteiger charge is -2.13. The Hall–Kier alpha value is -1.72. The molecule has 1 N–H and O–H groups in total. The molecule has 0 bridgehead atoms. The number of thioether (sulfide) groups is 1. The number of nitrogens with zero attached hydrogens (tertiary/aromatic N) is 1. The van der Waals surface area contributed by atoms with Gasteiger partial charge in [-0.3, -0.25) is 0 Å². The number of aliphatic hydroxyl groups excluding tert-OH is 1. The van der Waals surface area contributed by atoms with Gasteiger partial charge in [0.2, 0.25) is 0 Å². The van der Waals surface area contributed by atoms with Gasteiger partial charge in [0.05, 0.1) is 30.9 Å². The van der Waals surface area contributed by atoms with Crippen molar-refractivity contribution in [2.24, 2.45) is 0 Å². The van der Waals surface area contributed by atoms with Gasteiger partial charge in [0.1, 0.15) is 0 Å². The van der Waals surface area contributed by atoms with Crippen molar-refractivity contribution in [3.8, 4) is 6.07 Å². The molecule has 0 saturated heterocycles. The minimum Gasteiger partial charge on any atom is -0.465 e. The Balaban J connectivity index is 3.44. The smallest absolute Gasteiger partial charge is 0.446 e. The first kappa shape index (κ1) is 15.3. The van der Waals surface area contributed by atoms with Crippen LogP contribution in [0.25, 0.3) is 0 Å². The summed E-state index contributed by atoms with van der Waals surface area (Å²) in [4.78, 5) is 11.1. The zero-order valence-corrected chi connectivity index (χ0v) is 10.4. The topological polar surface area (TPSA) is 70.3 Å². The third-order valence-corrected chi connectivity index (χ3v) is 2.94. The maximum Gasteiger partial charge on any atom is 0.446 e. The summed E-state index contributed by atoms with van der Waals surface area (Å²) in [5.41, 5.74) is -5.18. The van der Waals surface area contributed by atoms with Gasteiger partial charge in [-0.25, -0.2) is 4.79 Å². The lowest BCUT2D eigenvalue weighted by molar-refractivity contribution is -0.0328. The first-order valence-electron chi connectivity index (χ1n) is 4.84. The van der Waals surface area contributed by atoms with Crippen molar-refractivity contribution >= 4 is 17.7 Å². The molecule has 0 aromatic heterocycles. The molecule has 0 aliphatic rings. The minimum atomic E-state index is -4.59. The van der Waals surface area contributed by atoms with Crippen LogP contribution in [0.5, 0.6) is 0 Å². The van der Waals surface area contributed by atoms with Crippen LogP contribution in [0.3, 0.4) is 0 Å². The second-order valence-electron chi connectivity index (χ2n) is 3.31. The number of aliphatic hydroxyl groups is 1. The van der Waals surface area contributed by atoms with Gasteiger partial charge in [-0.15, -0.1) is 0 Å². The third kappa shape index (κ3) is 3.87.